The molecule has 0 heterocycles. The molecule has 1 N–H and O–H groups in total. The van der Waals surface area contributed by atoms with Gasteiger partial charge in [-0.2, -0.15) is 58.8 Å². The Bertz CT molecular complexity index is 3120. The molecule has 6 unspecified atom stereocenters. The van der Waals surface area contributed by atoms with Gasteiger partial charge in [0.15, 0.2) is 0 Å². The highest BCUT2D eigenvalue weighted by Gasteiger charge is 2.25. The summed E-state index contributed by atoms with van der Waals surface area (Å²) in [6.07, 6.45) is 45.1. The van der Waals surface area contributed by atoms with Crippen LogP contribution >= 0.6 is 58.8 Å². The van der Waals surface area contributed by atoms with E-state index in [1.807, 2.05) is 51.3 Å². The van der Waals surface area contributed by atoms with Crippen molar-refractivity contribution in [3.05, 3.63) is 0 Å². The first-order valence-electron chi connectivity index (χ1n) is 56.8. The molecule has 0 radical (unpaired) electrons. The van der Waals surface area contributed by atoms with E-state index in [1.54, 1.807) is 58.8 Å². The van der Waals surface area contributed by atoms with Gasteiger partial charge >= 0.3 is 71.6 Å². The van der Waals surface area contributed by atoms with Crippen LogP contribution in [0.25, 0.3) is 0 Å². The number of esters is 12. The molecule has 0 aromatic heterocycles. The van der Waals surface area contributed by atoms with Crippen LogP contribution in [0.4, 0.5) is 0 Å². The zero-order valence-electron chi connectivity index (χ0n) is 92.9. The SMILES string of the molecule is CCCCCCCCCCC(C)C(=O)OCCOC(=O)CCN(CCN(CCNCCC(=O)OCCOC(=O)C(C)CSCCCCCCCC)CCC(=O)OCCOC(=O)C(C)CSCCCCCCCC)CCN(CCC(=O)OCCOC(=O)C(C)CSCCCCCCCC)CCN(CCC(=O)OCCOC(=O)C(C)CSCCCCCCCC)CCC(=O)OCCOC(=O)C(C)CSCCCCCCCC. The maximum Gasteiger partial charge on any atom is 0.309 e. The molecule has 0 fully saturated rings. The Kier molecular flexibility index (Phi) is 100. The fourth-order valence-electron chi connectivity index (χ4n) is 15.3. The van der Waals surface area contributed by atoms with Gasteiger partial charge in [0.25, 0.3) is 0 Å². The topological polar surface area (TPSA) is 341 Å². The molecule has 848 valence electrons. The molecule has 0 aliphatic rings. The van der Waals surface area contributed by atoms with E-state index in [4.69, 9.17) is 56.8 Å². The number of ether oxygens (including phenoxy) is 12. The third kappa shape index (κ3) is 91.5. The number of nitrogens with zero attached hydrogens (tertiary/aromatic N) is 4. The van der Waals surface area contributed by atoms with Crippen LogP contribution in [0, 0.1) is 35.5 Å². The van der Waals surface area contributed by atoms with E-state index in [1.165, 1.54) is 173 Å². The molecule has 0 aromatic rings. The van der Waals surface area contributed by atoms with Gasteiger partial charge in [0.1, 0.15) is 79.3 Å². The molecule has 0 spiro atoms. The van der Waals surface area contributed by atoms with Gasteiger partial charge in [-0.1, -0.05) is 295 Å². The Balaban J connectivity index is 7.44. The van der Waals surface area contributed by atoms with Crippen molar-refractivity contribution in [1.29, 1.82) is 0 Å². The van der Waals surface area contributed by atoms with Crippen molar-refractivity contribution in [2.45, 2.75) is 372 Å². The molecule has 6 atom stereocenters. The molecule has 0 saturated heterocycles. The third-order valence-electron chi connectivity index (χ3n) is 25.0. The van der Waals surface area contributed by atoms with Crippen LogP contribution in [-0.4, -0.2) is 320 Å². The van der Waals surface area contributed by atoms with Gasteiger partial charge in [-0.15, -0.1) is 0 Å². The van der Waals surface area contributed by atoms with Crippen LogP contribution in [0.5, 0.6) is 0 Å². The average molecular weight is 2150 g/mol. The molecule has 0 rings (SSSR count). The van der Waals surface area contributed by atoms with E-state index in [9.17, 15) is 57.5 Å². The van der Waals surface area contributed by atoms with Gasteiger partial charge in [-0.05, 0) is 67.3 Å². The summed E-state index contributed by atoms with van der Waals surface area (Å²) in [7, 11) is 0. The van der Waals surface area contributed by atoms with Gasteiger partial charge in [0, 0.05) is 120 Å². The summed E-state index contributed by atoms with van der Waals surface area (Å²) < 4.78 is 67.1. The molecule has 29 nitrogen and oxygen atoms in total. The minimum atomic E-state index is -0.562. The molecule has 0 saturated carbocycles. The zero-order chi connectivity index (χ0) is 107. The fraction of sp³-hybridized carbons (Fsp3) is 0.892. The van der Waals surface area contributed by atoms with Crippen molar-refractivity contribution < 1.29 is 114 Å². The van der Waals surface area contributed by atoms with Crippen molar-refractivity contribution >= 4 is 130 Å². The minimum Gasteiger partial charge on any atom is -0.462 e. The normalized spacial score (nSPS) is 12.7. The number of carbonyl (C=O) groups is 12. The van der Waals surface area contributed by atoms with Crippen LogP contribution in [0.15, 0.2) is 0 Å². The number of nitrogens with one attached hydrogen (secondary N) is 1. The average Bonchev–Trinajstić information content (AvgIpc) is 0.913. The lowest BCUT2D eigenvalue weighted by molar-refractivity contribution is -0.155. The zero-order valence-corrected chi connectivity index (χ0v) is 97.0. The second-order valence-corrected chi connectivity index (χ2v) is 44.6. The molecule has 34 heteroatoms. The maximum atomic E-state index is 13.9. The number of hydrogen-bond acceptors (Lipinski definition) is 34. The smallest absolute Gasteiger partial charge is 0.309 e. The van der Waals surface area contributed by atoms with Crippen molar-refractivity contribution in [1.82, 2.24) is 24.9 Å². The first-order chi connectivity index (χ1) is 70.3. The molecule has 0 aliphatic heterocycles. The summed E-state index contributed by atoms with van der Waals surface area (Å²) in [5, 5.41) is 3.33. The van der Waals surface area contributed by atoms with Crippen LogP contribution in [0.1, 0.15) is 372 Å². The van der Waals surface area contributed by atoms with Gasteiger partial charge < -0.3 is 81.8 Å². The maximum absolute atomic E-state index is 13.9. The third-order valence-corrected chi connectivity index (χ3v) is 31.5. The number of rotatable bonds is 108. The van der Waals surface area contributed by atoms with Gasteiger partial charge in [0.05, 0.1) is 74.0 Å². The molecular formula is C111H205N5O24S5. The predicted octanol–water partition coefficient (Wildman–Crippen LogP) is 21.5. The van der Waals surface area contributed by atoms with Crippen LogP contribution in [-0.2, 0) is 114 Å². The van der Waals surface area contributed by atoms with E-state index >= 15 is 0 Å². The molecule has 0 aromatic carbocycles. The molecule has 0 amide bonds. The standard InChI is InChI=1S/C111H205N5O24S5/c1-13-19-25-31-37-38-39-45-51-94(7)106(123)135-78-73-130-104(121)57-64-116(69-67-114(62-55-103(120)133-76-82-139-110(127)98(11)92-144-87-49-43-35-29-23-17-5)65-59-112-58-52-100(117)129-72-79-136-107(124)95(8)89-141-84-46-40-32-26-20-14-2)71-70-115(63-56-105(122)134-77-83-140-111(128)99(12)93-145-88-50-44-36-30-24-18-6)68-66-113(60-53-101(118)131-74-80-137-108(125)96(9)90-142-85-47-41-33-27-21-15-3)61-54-102(119)132-75-81-138-109(126)97(10)91-143-86-48-42-34-28-22-16-4/h94-99,112H,13-93H2,1-12H3. The van der Waals surface area contributed by atoms with Crippen LogP contribution in [0.3, 0.4) is 0 Å². The summed E-state index contributed by atoms with van der Waals surface area (Å²) in [4.78, 5) is 168. The van der Waals surface area contributed by atoms with E-state index in [-0.39, 0.29) is 248 Å². The van der Waals surface area contributed by atoms with E-state index in [2.05, 4.69) is 56.7 Å². The summed E-state index contributed by atoms with van der Waals surface area (Å²) in [5.41, 5.74) is 0. The van der Waals surface area contributed by atoms with Gasteiger partial charge in [0.2, 0.25) is 0 Å². The lowest BCUT2D eigenvalue weighted by atomic mass is 10.0. The van der Waals surface area contributed by atoms with Crippen molar-refractivity contribution in [2.24, 2.45) is 35.5 Å². The van der Waals surface area contributed by atoms with E-state index in [0.29, 0.717) is 67.9 Å². The number of thioether (sulfide) groups is 5. The molecule has 0 bridgehead atoms. The van der Waals surface area contributed by atoms with Crippen LogP contribution < -0.4 is 5.32 Å². The Morgan fingerprint density at radius 2 is 0.366 bits per heavy atom. The van der Waals surface area contributed by atoms with E-state index in [0.717, 1.165) is 99.4 Å². The predicted molar refractivity (Wildman–Crippen MR) is 594 cm³/mol. The van der Waals surface area contributed by atoms with Crippen molar-refractivity contribution in [3.8, 4) is 0 Å². The highest BCUT2D eigenvalue weighted by atomic mass is 32.2. The molecule has 0 aliphatic carbocycles. The minimum absolute atomic E-state index is 0.0213. The number of unbranched alkanes of at least 4 members (excludes halogenated alkanes) is 32. The van der Waals surface area contributed by atoms with Gasteiger partial charge in [-0.25, -0.2) is 0 Å². The lowest BCUT2D eigenvalue weighted by Gasteiger charge is -2.31. The van der Waals surface area contributed by atoms with E-state index < -0.39 is 35.8 Å². The second kappa shape index (κ2) is 104. The Hall–Kier alpha value is -4.81. The monoisotopic (exact) mass is 2150 g/mol. The summed E-state index contributed by atoms with van der Waals surface area (Å²) in [6.45, 7) is 26.2. The first kappa shape index (κ1) is 140. The first-order valence-corrected chi connectivity index (χ1v) is 62.5. The van der Waals surface area contributed by atoms with Gasteiger partial charge in [-0.3, -0.25) is 57.5 Å². The quantitative estimate of drug-likeness (QED) is 0.0336. The highest BCUT2D eigenvalue weighted by molar-refractivity contribution is 8.00. The summed E-state index contributed by atoms with van der Waals surface area (Å²) in [6, 6.07) is 0. The second-order valence-electron chi connectivity index (χ2n) is 38.8. The summed E-state index contributed by atoms with van der Waals surface area (Å²) >= 11 is 8.67. The summed E-state index contributed by atoms with van der Waals surface area (Å²) in [5.74, 6) is 0.587. The fourth-order valence-corrected chi connectivity index (χ4v) is 20.7. The van der Waals surface area contributed by atoms with Crippen molar-refractivity contribution in [2.75, 3.05) is 228 Å². The molecular weight excluding hydrogens is 1950 g/mol. The number of hydrogen-bond donors (Lipinski definition) is 1. The Morgan fingerprint density at radius 3 is 0.586 bits per heavy atom. The largest absolute Gasteiger partial charge is 0.462 e. The van der Waals surface area contributed by atoms with Crippen LogP contribution in [0.2, 0.25) is 0 Å². The molecule has 145 heavy (non-hydrogen) atoms. The number of carbonyl (C=O) groups excluding carboxylic acids is 12. The Morgan fingerprint density at radius 1 is 0.193 bits per heavy atom. The Labute approximate surface area is 899 Å². The lowest BCUT2D eigenvalue weighted by Crippen LogP contribution is -2.44. The van der Waals surface area contributed by atoms with Crippen molar-refractivity contribution in [3.63, 3.8) is 0 Å². The highest BCUT2D eigenvalue weighted by Crippen LogP contribution is 2.23.